The summed E-state index contributed by atoms with van der Waals surface area (Å²) in [7, 11) is -5.07. The van der Waals surface area contributed by atoms with Gasteiger partial charge in [-0.05, 0) is 119 Å². The maximum absolute atomic E-state index is 14.4. The zero-order chi connectivity index (χ0) is 68.7. The Hall–Kier alpha value is -7.00. The standard InChI is InChI=1S/C62H90N13O14P.CN.Co/c1-29-20-39-40(21-30(29)2)75(28-70-39)57-52(84)53(41(27-76)87-57)89-90(85,86)88-31(3)26-69-49(83)18-19-59(8)37(22-46(66)80)56-62(11)61(10,25-48(68)82)36(14-17-45(65)79)51(74-62)33(5)55-60(9,24-47(67)81)34(12-15-43(63)77)38(71-55)23-42-58(6,7)35(13-16-44(64)78)50(72-42)32(4)54(59)73-56;1-2;/h20-21,23,28,31,34-37,41,52-53,56-57,76,84H,12-19,22,24-27H2,1-11H3,(H15,63,64,65,66,67,68,69,71,72,73,74,77,78,79,80,81,82,83,85,86);;/q;-1;+2/p-1/t31-,34-,35-,36-,37+,41-,52-,53-,56?,57+,59+,60+,61+,62+;;/m1../s1. The Morgan fingerprint density at radius 1 is 0.796 bits per heavy atom. The van der Waals surface area contributed by atoms with E-state index in [1.165, 1.54) is 13.3 Å². The molecule has 1 aromatic heterocycles. The fraction of sp³-hybridized carbons (Fsp3) is 0.619. The van der Waals surface area contributed by atoms with Gasteiger partial charge in [-0.2, -0.15) is 5.70 Å². The number of nitrogens with zero attached hydrogens (tertiary/aromatic N) is 7. The van der Waals surface area contributed by atoms with Gasteiger partial charge in [0.05, 0.1) is 41.3 Å². The second kappa shape index (κ2) is 28.5. The summed E-state index contributed by atoms with van der Waals surface area (Å²) in [5.41, 5.74) is 36.8. The summed E-state index contributed by atoms with van der Waals surface area (Å²) in [5, 5.41) is 36.5. The number of rotatable bonds is 26. The average molecular weight is 1360 g/mol. The molecule has 2 aromatic rings. The van der Waals surface area contributed by atoms with Crippen molar-refractivity contribution in [3.8, 4) is 0 Å². The fourth-order valence-corrected chi connectivity index (χ4v) is 16.5. The van der Waals surface area contributed by atoms with E-state index in [0.29, 0.717) is 56.4 Å². The molecule has 0 spiro atoms. The van der Waals surface area contributed by atoms with Crippen LogP contribution in [0, 0.1) is 71.0 Å². The summed E-state index contributed by atoms with van der Waals surface area (Å²) in [6, 6.07) is 2.68. The Labute approximate surface area is 551 Å². The molecule has 2 fully saturated rings. The number of primary amides is 6. The average Bonchev–Trinajstić information content (AvgIpc) is 1.53. The van der Waals surface area contributed by atoms with E-state index in [-0.39, 0.29) is 94.0 Å². The quantitative estimate of drug-likeness (QED) is 0.0469. The van der Waals surface area contributed by atoms with Gasteiger partial charge < -0.3 is 81.3 Å². The summed E-state index contributed by atoms with van der Waals surface area (Å²) in [6.07, 6.45) is -4.47. The molecular weight excluding hydrogens is 1270 g/mol. The third-order valence-electron chi connectivity index (χ3n) is 20.5. The van der Waals surface area contributed by atoms with Crippen LogP contribution >= 0.6 is 7.82 Å². The second-order valence-electron chi connectivity index (χ2n) is 27.0. The van der Waals surface area contributed by atoms with Gasteiger partial charge in [-0.3, -0.25) is 57.6 Å². The number of aliphatic hydroxyl groups is 2. The molecule has 8 bridgehead atoms. The second-order valence-corrected chi connectivity index (χ2v) is 28.4. The molecule has 7 amide bonds. The molecule has 2 unspecified atom stereocenters. The van der Waals surface area contributed by atoms with Crippen LogP contribution in [-0.4, -0.2) is 132 Å². The van der Waals surface area contributed by atoms with Crippen LogP contribution < -0.4 is 39.7 Å². The van der Waals surface area contributed by atoms with E-state index in [1.807, 2.05) is 80.5 Å². The van der Waals surface area contributed by atoms with Gasteiger partial charge >= 0.3 is 24.6 Å². The molecule has 16 N–H and O–H groups in total. The largest absolute Gasteiger partial charge is 2.00 e. The number of carbonyl (C=O) groups is 7. The van der Waals surface area contributed by atoms with Crippen LogP contribution in [-0.2, 0) is 68.7 Å². The number of phosphoric acid groups is 1. The number of amides is 7. The molecule has 93 heavy (non-hydrogen) atoms. The zero-order valence-corrected chi connectivity index (χ0v) is 56.4. The summed E-state index contributed by atoms with van der Waals surface area (Å²) in [6.45, 7) is 23.9. The van der Waals surface area contributed by atoms with Crippen LogP contribution in [0.4, 0.5) is 0 Å². The molecule has 7 heterocycles. The van der Waals surface area contributed by atoms with Gasteiger partial charge in [-0.15, -0.1) is 0 Å². The van der Waals surface area contributed by atoms with Crippen molar-refractivity contribution in [2.45, 2.75) is 189 Å². The number of aromatic nitrogens is 2. The molecule has 28 nitrogen and oxygen atoms in total. The summed E-state index contributed by atoms with van der Waals surface area (Å²) >= 11 is 0. The Morgan fingerprint density at radius 2 is 1.38 bits per heavy atom. The number of hydrogen-bond donors (Lipinski definition) is 10. The summed E-state index contributed by atoms with van der Waals surface area (Å²) in [4.78, 5) is 125. The van der Waals surface area contributed by atoms with E-state index >= 15 is 0 Å². The van der Waals surface area contributed by atoms with Gasteiger partial charge in [-0.1, -0.05) is 40.7 Å². The molecule has 8 rings (SSSR count). The van der Waals surface area contributed by atoms with E-state index < -0.39 is 143 Å². The van der Waals surface area contributed by atoms with E-state index in [9.17, 15) is 53.2 Å². The molecule has 1 radical (unpaired) electrons. The molecule has 30 heteroatoms. The molecular formula is C63H89CoN14O14P. The molecule has 1 aromatic carbocycles. The van der Waals surface area contributed by atoms with Crippen LogP contribution in [0.2, 0.25) is 0 Å². The van der Waals surface area contributed by atoms with E-state index in [1.54, 1.807) is 11.5 Å². The van der Waals surface area contributed by atoms with E-state index in [0.717, 1.165) is 11.1 Å². The number of carbonyl (C=O) groups excluding carboxylic acids is 7. The monoisotopic (exact) mass is 1360 g/mol. The van der Waals surface area contributed by atoms with Crippen molar-refractivity contribution >= 4 is 77.3 Å². The minimum absolute atomic E-state index is 0. The molecule has 509 valence electrons. The number of nitrogens with one attached hydrogen (secondary N) is 1. The minimum Gasteiger partial charge on any atom is -0.682 e. The zero-order valence-electron chi connectivity index (χ0n) is 54.5. The van der Waals surface area contributed by atoms with Gasteiger partial charge in [0.2, 0.25) is 41.4 Å². The van der Waals surface area contributed by atoms with Crippen LogP contribution in [0.15, 0.2) is 67.8 Å². The minimum atomic E-state index is -5.07. The normalized spacial score (nSPS) is 33.1. The first-order chi connectivity index (χ1) is 42.8. The van der Waals surface area contributed by atoms with Crippen molar-refractivity contribution in [1.82, 2.24) is 14.9 Å². The number of aliphatic imine (C=N–C) groups is 3. The van der Waals surface area contributed by atoms with Crippen LogP contribution in [0.3, 0.4) is 0 Å². The van der Waals surface area contributed by atoms with Crippen molar-refractivity contribution in [2.24, 2.45) is 94.7 Å². The Kier molecular flexibility index (Phi) is 23.0. The number of phosphoric ester groups is 1. The number of imidazole rings is 1. The number of benzene rings is 1. The van der Waals surface area contributed by atoms with Crippen LogP contribution in [0.5, 0.6) is 0 Å². The first kappa shape index (κ1) is 75.0. The molecule has 0 saturated carbocycles. The predicted octanol–water partition coefficient (Wildman–Crippen LogP) is 4.04. The topological polar surface area (TPSA) is 486 Å². The van der Waals surface area contributed by atoms with Crippen molar-refractivity contribution in [1.29, 1.82) is 5.26 Å². The number of aliphatic hydroxyl groups excluding tert-OH is 2. The molecule has 6 aliphatic rings. The summed E-state index contributed by atoms with van der Waals surface area (Å²) < 4.78 is 32.3. The number of ether oxygens (including phenoxy) is 1. The third kappa shape index (κ3) is 14.6. The number of nitrogens with two attached hydrogens (primary N) is 6. The third-order valence-corrected chi connectivity index (χ3v) is 21.6. The maximum atomic E-state index is 14.4. The molecule has 2 saturated heterocycles. The van der Waals surface area contributed by atoms with E-state index in [2.05, 4.69) is 10.3 Å². The van der Waals surface area contributed by atoms with Crippen LogP contribution in [0.25, 0.3) is 16.4 Å². The maximum Gasteiger partial charge on any atom is 2.00 e. The number of hydrogen-bond acceptors (Lipinski definition) is 18. The van der Waals surface area contributed by atoms with Gasteiger partial charge in [0.25, 0.3) is 0 Å². The van der Waals surface area contributed by atoms with Crippen molar-refractivity contribution in [3.05, 3.63) is 75.8 Å². The SMILES string of the molecule is C/C1=C2N=C(/C=C3N=C(/C(C)=C4\[N-]C([C@H](CC(N)=O)[C@]4(C)CCC(=O)NC[C@@H](C)OP(=O)(O)O[C@H]4[C@@H](O)[C@@H](n5cnc6cc(C)c(C)cc65)O[C@@H]4CO)[C@]4(C)N=C1[C@@H](CCC(N)=O)[C@]4(C)CC(N)=O)[C@@H](CCC(N)=O)C\3(C)C)[C@@H](CCC(N)=O)[C@]/2(C)CC(N)=O.[C-]#N.[Co+2]. The van der Waals surface area contributed by atoms with Gasteiger partial charge in [0.1, 0.15) is 18.3 Å². The number of aryl methyl sites for hydroxylation is 2. The van der Waals surface area contributed by atoms with E-state index in [4.69, 9.17) is 80.3 Å². The van der Waals surface area contributed by atoms with Crippen molar-refractivity contribution in [3.63, 3.8) is 0 Å². The first-order valence-corrected chi connectivity index (χ1v) is 32.2. The number of fused-ring (bicyclic) bond motifs is 7. The Bertz CT molecular complexity index is 3600. The Balaban J connectivity index is 0.00000453. The Morgan fingerprint density at radius 3 is 1.95 bits per heavy atom. The fourth-order valence-electron chi connectivity index (χ4n) is 15.3. The molecule has 15 atom stereocenters. The molecule has 6 aliphatic heterocycles. The summed E-state index contributed by atoms with van der Waals surface area (Å²) in [5.74, 6) is -7.34. The first-order valence-electron chi connectivity index (χ1n) is 30.7. The smallest absolute Gasteiger partial charge is 0.682 e. The van der Waals surface area contributed by atoms with Gasteiger partial charge in [0.15, 0.2) is 6.23 Å². The number of allylic oxidation sites excluding steroid dienone is 6. The van der Waals surface area contributed by atoms with Gasteiger partial charge in [0, 0.05) is 108 Å². The van der Waals surface area contributed by atoms with Crippen LogP contribution in [0.1, 0.15) is 150 Å². The van der Waals surface area contributed by atoms with Gasteiger partial charge in [-0.25, -0.2) is 9.55 Å². The van der Waals surface area contributed by atoms with Crippen molar-refractivity contribution in [2.75, 3.05) is 13.2 Å². The van der Waals surface area contributed by atoms with Crippen molar-refractivity contribution < 1.29 is 83.8 Å². The predicted molar refractivity (Wildman–Crippen MR) is 339 cm³/mol. The molecule has 0 aliphatic carbocycles.